The number of sulfonamides is 2. The smallest absolute Gasteiger partial charge is 0.243 e. The second-order valence-corrected chi connectivity index (χ2v) is 10.1. The Balaban J connectivity index is 3.12. The quantitative estimate of drug-likeness (QED) is 0.615. The molecule has 0 saturated carbocycles. The van der Waals surface area contributed by atoms with Gasteiger partial charge >= 0.3 is 0 Å². The van der Waals surface area contributed by atoms with Crippen LogP contribution in [0.2, 0.25) is 0 Å². The maximum Gasteiger partial charge on any atom is 0.243 e. The first-order valence-electron chi connectivity index (χ1n) is 8.90. The number of nitrogens with zero attached hydrogens (tertiary/aromatic N) is 2. The van der Waals surface area contributed by atoms with E-state index in [1.54, 1.807) is 34.6 Å². The van der Waals surface area contributed by atoms with Crippen LogP contribution in [-0.2, 0) is 24.8 Å². The zero-order valence-electron chi connectivity index (χ0n) is 16.5. The van der Waals surface area contributed by atoms with Crippen molar-refractivity contribution in [1.82, 2.24) is 13.9 Å². The van der Waals surface area contributed by atoms with E-state index in [9.17, 15) is 21.6 Å². The standard InChI is InChI=1S/C17H29N3O5S2/c1-6-19(7-2)26(22,23)15-9-11-16(12-10-15)27(24,25)20(8-3)13-17(21)18-14(4)5/h9-12,14H,6-8,13H2,1-5H3,(H,18,21). The summed E-state index contributed by atoms with van der Waals surface area (Å²) in [7, 11) is -7.57. The highest BCUT2D eigenvalue weighted by molar-refractivity contribution is 7.89. The Hall–Kier alpha value is -1.49. The van der Waals surface area contributed by atoms with Gasteiger partial charge in [-0.2, -0.15) is 8.61 Å². The molecule has 1 N–H and O–H groups in total. The third-order valence-corrected chi connectivity index (χ3v) is 7.93. The van der Waals surface area contributed by atoms with Crippen LogP contribution in [0.15, 0.2) is 34.1 Å². The van der Waals surface area contributed by atoms with Gasteiger partial charge in [-0.3, -0.25) is 4.79 Å². The fourth-order valence-corrected chi connectivity index (χ4v) is 5.40. The van der Waals surface area contributed by atoms with Gasteiger partial charge in [0, 0.05) is 25.7 Å². The fraction of sp³-hybridized carbons (Fsp3) is 0.588. The fourth-order valence-electron chi connectivity index (χ4n) is 2.54. The monoisotopic (exact) mass is 419 g/mol. The molecule has 1 aromatic carbocycles. The summed E-state index contributed by atoms with van der Waals surface area (Å²) in [5.41, 5.74) is 0. The molecule has 0 fully saturated rings. The number of likely N-dealkylation sites (N-methyl/N-ethyl adjacent to an activating group) is 1. The van der Waals surface area contributed by atoms with Gasteiger partial charge in [0.1, 0.15) is 0 Å². The summed E-state index contributed by atoms with van der Waals surface area (Å²) >= 11 is 0. The van der Waals surface area contributed by atoms with Crippen LogP contribution in [0, 0.1) is 0 Å². The average molecular weight is 420 g/mol. The summed E-state index contributed by atoms with van der Waals surface area (Å²) in [4.78, 5) is 11.9. The van der Waals surface area contributed by atoms with Crippen LogP contribution in [0.4, 0.5) is 0 Å². The van der Waals surface area contributed by atoms with Crippen LogP contribution in [0.5, 0.6) is 0 Å². The molecule has 27 heavy (non-hydrogen) atoms. The predicted octanol–water partition coefficient (Wildman–Crippen LogP) is 1.25. The molecule has 0 bridgehead atoms. The molecule has 154 valence electrons. The van der Waals surface area contributed by atoms with Crippen LogP contribution < -0.4 is 5.32 Å². The summed E-state index contributed by atoms with van der Waals surface area (Å²) in [6.07, 6.45) is 0. The Bertz CT molecular complexity index is 830. The molecule has 0 saturated heterocycles. The molecule has 1 amide bonds. The lowest BCUT2D eigenvalue weighted by atomic mass is 10.4. The minimum absolute atomic E-state index is 0.0331. The van der Waals surface area contributed by atoms with Crippen LogP contribution in [-0.4, -0.2) is 63.6 Å². The molecule has 0 aliphatic carbocycles. The number of carbonyl (C=O) groups is 1. The molecule has 0 heterocycles. The lowest BCUT2D eigenvalue weighted by molar-refractivity contribution is -0.121. The Morgan fingerprint density at radius 2 is 1.22 bits per heavy atom. The van der Waals surface area contributed by atoms with Crippen molar-refractivity contribution in [2.24, 2.45) is 0 Å². The Kier molecular flexibility index (Phi) is 8.40. The van der Waals surface area contributed by atoms with E-state index in [0.29, 0.717) is 13.1 Å². The zero-order chi connectivity index (χ0) is 20.8. The molecule has 0 unspecified atom stereocenters. The maximum atomic E-state index is 12.8. The molecule has 0 aliphatic rings. The summed E-state index contributed by atoms with van der Waals surface area (Å²) in [6.45, 7) is 9.17. The van der Waals surface area contributed by atoms with Crippen LogP contribution in [0.25, 0.3) is 0 Å². The topological polar surface area (TPSA) is 104 Å². The number of amides is 1. The highest BCUT2D eigenvalue weighted by Crippen LogP contribution is 2.20. The highest BCUT2D eigenvalue weighted by Gasteiger charge is 2.27. The maximum absolute atomic E-state index is 12.8. The second kappa shape index (κ2) is 9.63. The highest BCUT2D eigenvalue weighted by atomic mass is 32.2. The number of rotatable bonds is 10. The zero-order valence-corrected chi connectivity index (χ0v) is 18.1. The van der Waals surface area contributed by atoms with Crippen molar-refractivity contribution >= 4 is 26.0 Å². The van der Waals surface area contributed by atoms with E-state index in [-0.39, 0.29) is 28.9 Å². The number of benzene rings is 1. The molecular formula is C17H29N3O5S2. The van der Waals surface area contributed by atoms with Gasteiger partial charge in [-0.25, -0.2) is 16.8 Å². The van der Waals surface area contributed by atoms with Crippen molar-refractivity contribution < 1.29 is 21.6 Å². The minimum atomic E-state index is -3.91. The van der Waals surface area contributed by atoms with Crippen molar-refractivity contribution in [1.29, 1.82) is 0 Å². The van der Waals surface area contributed by atoms with E-state index < -0.39 is 26.0 Å². The van der Waals surface area contributed by atoms with Gasteiger partial charge < -0.3 is 5.32 Å². The molecule has 0 aromatic heterocycles. The van der Waals surface area contributed by atoms with Crippen molar-refractivity contribution in [2.45, 2.75) is 50.5 Å². The third kappa shape index (κ3) is 5.74. The number of carbonyl (C=O) groups excluding carboxylic acids is 1. The molecule has 8 nitrogen and oxygen atoms in total. The Labute approximate surface area is 162 Å². The average Bonchev–Trinajstić information content (AvgIpc) is 2.59. The van der Waals surface area contributed by atoms with E-state index in [1.807, 2.05) is 0 Å². The van der Waals surface area contributed by atoms with Crippen LogP contribution >= 0.6 is 0 Å². The molecular weight excluding hydrogens is 390 g/mol. The minimum Gasteiger partial charge on any atom is -0.353 e. The first kappa shape index (κ1) is 23.5. The second-order valence-electron chi connectivity index (χ2n) is 6.21. The van der Waals surface area contributed by atoms with Gasteiger partial charge in [-0.15, -0.1) is 0 Å². The van der Waals surface area contributed by atoms with E-state index in [1.165, 1.54) is 28.6 Å². The van der Waals surface area contributed by atoms with Gasteiger partial charge in [-0.05, 0) is 38.1 Å². The summed E-state index contributed by atoms with van der Waals surface area (Å²) in [5.74, 6) is -0.392. The summed E-state index contributed by atoms with van der Waals surface area (Å²) in [6, 6.07) is 4.98. The van der Waals surface area contributed by atoms with E-state index >= 15 is 0 Å². The molecule has 0 atom stereocenters. The molecule has 0 spiro atoms. The Morgan fingerprint density at radius 3 is 1.56 bits per heavy atom. The van der Waals surface area contributed by atoms with Crippen molar-refractivity contribution in [3.63, 3.8) is 0 Å². The third-order valence-electron chi connectivity index (χ3n) is 3.93. The van der Waals surface area contributed by atoms with Gasteiger partial charge in [0.15, 0.2) is 0 Å². The first-order chi connectivity index (χ1) is 12.5. The van der Waals surface area contributed by atoms with Gasteiger partial charge in [-0.1, -0.05) is 20.8 Å². The molecule has 1 rings (SSSR count). The van der Waals surface area contributed by atoms with E-state index in [2.05, 4.69) is 5.32 Å². The number of hydrogen-bond acceptors (Lipinski definition) is 5. The predicted molar refractivity (Wildman–Crippen MR) is 104 cm³/mol. The van der Waals surface area contributed by atoms with Gasteiger partial charge in [0.25, 0.3) is 0 Å². The largest absolute Gasteiger partial charge is 0.353 e. The first-order valence-corrected chi connectivity index (χ1v) is 11.8. The van der Waals surface area contributed by atoms with Crippen molar-refractivity contribution in [2.75, 3.05) is 26.2 Å². The summed E-state index contributed by atoms with van der Waals surface area (Å²) < 4.78 is 52.9. The van der Waals surface area contributed by atoms with Crippen LogP contribution in [0.1, 0.15) is 34.6 Å². The molecule has 1 aromatic rings. The normalized spacial score (nSPS) is 12.7. The molecule has 0 radical (unpaired) electrons. The van der Waals surface area contributed by atoms with E-state index in [4.69, 9.17) is 0 Å². The summed E-state index contributed by atoms with van der Waals surface area (Å²) in [5, 5.41) is 2.66. The van der Waals surface area contributed by atoms with E-state index in [0.717, 1.165) is 4.31 Å². The van der Waals surface area contributed by atoms with Gasteiger partial charge in [0.2, 0.25) is 26.0 Å². The van der Waals surface area contributed by atoms with Gasteiger partial charge in [0.05, 0.1) is 16.3 Å². The molecule has 0 aliphatic heterocycles. The Morgan fingerprint density at radius 1 is 0.852 bits per heavy atom. The van der Waals surface area contributed by atoms with Crippen molar-refractivity contribution in [3.05, 3.63) is 24.3 Å². The number of nitrogens with one attached hydrogen (secondary N) is 1. The lowest BCUT2D eigenvalue weighted by Gasteiger charge is -2.21. The lowest BCUT2D eigenvalue weighted by Crippen LogP contribution is -2.42. The van der Waals surface area contributed by atoms with Crippen molar-refractivity contribution in [3.8, 4) is 0 Å². The molecule has 10 heteroatoms. The number of hydrogen-bond donors (Lipinski definition) is 1. The van der Waals surface area contributed by atoms with Crippen LogP contribution in [0.3, 0.4) is 0 Å². The SMILES string of the molecule is CCN(CC)S(=O)(=O)c1ccc(S(=O)(=O)N(CC)CC(=O)NC(C)C)cc1.